The molecule has 0 unspecified atom stereocenters. The number of urea groups is 1. The quantitative estimate of drug-likeness (QED) is 0.444. The second-order valence-electron chi connectivity index (χ2n) is 2.94. The van der Waals surface area contributed by atoms with Crippen LogP contribution in [0.1, 0.15) is 32.6 Å². The van der Waals surface area contributed by atoms with E-state index in [-0.39, 0.29) is 5.57 Å². The third-order valence-electron chi connectivity index (χ3n) is 1.71. The van der Waals surface area contributed by atoms with Crippen LogP contribution in [0.15, 0.2) is 11.8 Å². The van der Waals surface area contributed by atoms with Gasteiger partial charge in [-0.2, -0.15) is 0 Å². The van der Waals surface area contributed by atoms with Gasteiger partial charge in [0.2, 0.25) is 0 Å². The first-order valence-corrected chi connectivity index (χ1v) is 4.56. The van der Waals surface area contributed by atoms with Crippen molar-refractivity contribution < 1.29 is 14.7 Å². The first kappa shape index (κ1) is 12.5. The molecule has 0 aliphatic heterocycles. The van der Waals surface area contributed by atoms with Crippen LogP contribution in [0.4, 0.5) is 4.79 Å². The van der Waals surface area contributed by atoms with Crippen molar-refractivity contribution in [3.05, 3.63) is 11.8 Å². The smallest absolute Gasteiger partial charge is 0.333 e. The molecule has 0 aliphatic carbocycles. The normalized spacial score (nSPS) is 11.1. The zero-order chi connectivity index (χ0) is 11.0. The van der Waals surface area contributed by atoms with Crippen molar-refractivity contribution in [2.45, 2.75) is 32.6 Å². The summed E-state index contributed by atoms with van der Waals surface area (Å²) in [4.78, 5) is 21.0. The van der Waals surface area contributed by atoms with Gasteiger partial charge in [-0.1, -0.05) is 19.8 Å². The van der Waals surface area contributed by atoms with Crippen molar-refractivity contribution in [3.8, 4) is 0 Å². The fraction of sp³-hybridized carbons (Fsp3) is 0.556. The van der Waals surface area contributed by atoms with E-state index < -0.39 is 12.0 Å². The summed E-state index contributed by atoms with van der Waals surface area (Å²) in [7, 11) is 0. The number of carbonyl (C=O) groups excluding carboxylic acids is 1. The van der Waals surface area contributed by atoms with Crippen molar-refractivity contribution >= 4 is 12.0 Å². The van der Waals surface area contributed by atoms with Gasteiger partial charge in [-0.25, -0.2) is 9.59 Å². The van der Waals surface area contributed by atoms with E-state index in [4.69, 9.17) is 10.8 Å². The van der Waals surface area contributed by atoms with Gasteiger partial charge >= 0.3 is 12.0 Å². The average Bonchev–Trinajstić information content (AvgIpc) is 2.10. The fourth-order valence-electron chi connectivity index (χ4n) is 0.965. The minimum Gasteiger partial charge on any atom is -0.478 e. The highest BCUT2D eigenvalue weighted by molar-refractivity contribution is 5.87. The Morgan fingerprint density at radius 2 is 2.07 bits per heavy atom. The summed E-state index contributed by atoms with van der Waals surface area (Å²) < 4.78 is 0. The van der Waals surface area contributed by atoms with Gasteiger partial charge in [-0.3, -0.25) is 0 Å². The van der Waals surface area contributed by atoms with E-state index >= 15 is 0 Å². The van der Waals surface area contributed by atoms with E-state index in [0.29, 0.717) is 6.42 Å². The highest BCUT2D eigenvalue weighted by atomic mass is 16.4. The number of hydrogen-bond acceptors (Lipinski definition) is 2. The summed E-state index contributed by atoms with van der Waals surface area (Å²) in [5.41, 5.74) is 4.99. The van der Waals surface area contributed by atoms with E-state index in [0.717, 1.165) is 25.5 Å². The summed E-state index contributed by atoms with van der Waals surface area (Å²) >= 11 is 0. The van der Waals surface area contributed by atoms with Crippen LogP contribution in [0.25, 0.3) is 0 Å². The minimum absolute atomic E-state index is 0.178. The van der Waals surface area contributed by atoms with Crippen molar-refractivity contribution in [2.24, 2.45) is 5.73 Å². The SMILES string of the molecule is CCCCC/C(=C/NC(N)=O)C(=O)O. The predicted molar refractivity (Wildman–Crippen MR) is 52.6 cm³/mol. The Balaban J connectivity index is 4.08. The van der Waals surface area contributed by atoms with Crippen LogP contribution in [0, 0.1) is 0 Å². The third-order valence-corrected chi connectivity index (χ3v) is 1.71. The van der Waals surface area contributed by atoms with Crippen LogP contribution in [0.3, 0.4) is 0 Å². The number of nitrogens with one attached hydrogen (secondary N) is 1. The molecule has 0 rings (SSSR count). The monoisotopic (exact) mass is 200 g/mol. The lowest BCUT2D eigenvalue weighted by Crippen LogP contribution is -2.25. The molecule has 0 radical (unpaired) electrons. The standard InChI is InChI=1S/C9H16N2O3/c1-2-3-4-5-7(8(12)13)6-11-9(10)14/h6H,2-5H2,1H3,(H,12,13)(H3,10,11,14)/b7-6-. The van der Waals surface area contributed by atoms with Gasteiger partial charge in [-0.05, 0) is 12.8 Å². The van der Waals surface area contributed by atoms with Gasteiger partial charge in [-0.15, -0.1) is 0 Å². The van der Waals surface area contributed by atoms with Crippen LogP contribution in [0.2, 0.25) is 0 Å². The largest absolute Gasteiger partial charge is 0.478 e. The summed E-state index contributed by atoms with van der Waals surface area (Å²) in [6.07, 6.45) is 4.40. The number of primary amides is 1. The van der Waals surface area contributed by atoms with E-state index in [1.807, 2.05) is 6.92 Å². The summed E-state index contributed by atoms with van der Waals surface area (Å²) in [5, 5.41) is 10.9. The number of unbranched alkanes of at least 4 members (excludes halogenated alkanes) is 2. The molecule has 4 N–H and O–H groups in total. The Kier molecular flexibility index (Phi) is 6.19. The lowest BCUT2D eigenvalue weighted by Gasteiger charge is -2.01. The summed E-state index contributed by atoms with van der Waals surface area (Å²) in [5.74, 6) is -1.02. The molecule has 0 heterocycles. The average molecular weight is 200 g/mol. The summed E-state index contributed by atoms with van der Waals surface area (Å²) in [6.45, 7) is 2.03. The van der Waals surface area contributed by atoms with Crippen molar-refractivity contribution in [3.63, 3.8) is 0 Å². The molecule has 0 bridgehead atoms. The number of nitrogens with two attached hydrogens (primary N) is 1. The molecule has 0 fully saturated rings. The van der Waals surface area contributed by atoms with Crippen LogP contribution in [-0.2, 0) is 4.79 Å². The third kappa shape index (κ3) is 6.05. The van der Waals surface area contributed by atoms with E-state index in [2.05, 4.69) is 5.32 Å². The number of carboxylic acids is 1. The topological polar surface area (TPSA) is 92.4 Å². The molecule has 0 aromatic heterocycles. The number of aliphatic carboxylic acids is 1. The van der Waals surface area contributed by atoms with Gasteiger partial charge in [0.1, 0.15) is 0 Å². The maximum absolute atomic E-state index is 10.6. The second kappa shape index (κ2) is 6.94. The molecule has 0 spiro atoms. The van der Waals surface area contributed by atoms with Crippen molar-refractivity contribution in [1.82, 2.24) is 5.32 Å². The molecular weight excluding hydrogens is 184 g/mol. The lowest BCUT2D eigenvalue weighted by molar-refractivity contribution is -0.132. The lowest BCUT2D eigenvalue weighted by atomic mass is 10.1. The molecular formula is C9H16N2O3. The summed E-state index contributed by atoms with van der Waals surface area (Å²) in [6, 6.07) is -0.751. The maximum atomic E-state index is 10.6. The Morgan fingerprint density at radius 1 is 1.43 bits per heavy atom. The van der Waals surface area contributed by atoms with Gasteiger partial charge in [0, 0.05) is 6.20 Å². The molecule has 0 saturated carbocycles. The van der Waals surface area contributed by atoms with Gasteiger partial charge in [0.25, 0.3) is 0 Å². The van der Waals surface area contributed by atoms with Crippen molar-refractivity contribution in [2.75, 3.05) is 0 Å². The highest BCUT2D eigenvalue weighted by Crippen LogP contribution is 2.08. The molecule has 14 heavy (non-hydrogen) atoms. The van der Waals surface area contributed by atoms with E-state index in [1.165, 1.54) is 0 Å². The number of carbonyl (C=O) groups is 2. The molecule has 0 saturated heterocycles. The fourth-order valence-corrected chi connectivity index (χ4v) is 0.965. The molecule has 5 nitrogen and oxygen atoms in total. The van der Waals surface area contributed by atoms with Crippen LogP contribution in [0.5, 0.6) is 0 Å². The second-order valence-corrected chi connectivity index (χ2v) is 2.94. The molecule has 0 aromatic rings. The maximum Gasteiger partial charge on any atom is 0.333 e. The molecule has 2 amide bonds. The zero-order valence-corrected chi connectivity index (χ0v) is 8.25. The van der Waals surface area contributed by atoms with Crippen LogP contribution < -0.4 is 11.1 Å². The Hall–Kier alpha value is -1.52. The Morgan fingerprint density at radius 3 is 2.50 bits per heavy atom. The Labute approximate surface area is 83.0 Å². The Bertz CT molecular complexity index is 236. The number of hydrogen-bond donors (Lipinski definition) is 3. The van der Waals surface area contributed by atoms with Gasteiger partial charge < -0.3 is 16.2 Å². The zero-order valence-electron chi connectivity index (χ0n) is 8.25. The van der Waals surface area contributed by atoms with E-state index in [1.54, 1.807) is 0 Å². The molecule has 0 aromatic carbocycles. The minimum atomic E-state index is -1.02. The highest BCUT2D eigenvalue weighted by Gasteiger charge is 2.06. The number of carboxylic acid groups (broad SMARTS) is 1. The molecule has 0 atom stereocenters. The molecule has 0 aliphatic rings. The van der Waals surface area contributed by atoms with Crippen LogP contribution >= 0.6 is 0 Å². The number of rotatable bonds is 6. The van der Waals surface area contributed by atoms with Gasteiger partial charge in [0.15, 0.2) is 0 Å². The van der Waals surface area contributed by atoms with Crippen molar-refractivity contribution in [1.29, 1.82) is 0 Å². The predicted octanol–water partition coefficient (Wildman–Crippen LogP) is 1.20. The van der Waals surface area contributed by atoms with E-state index in [9.17, 15) is 9.59 Å². The van der Waals surface area contributed by atoms with Gasteiger partial charge in [0.05, 0.1) is 5.57 Å². The first-order valence-electron chi connectivity index (χ1n) is 4.56. The van der Waals surface area contributed by atoms with Crippen LogP contribution in [-0.4, -0.2) is 17.1 Å². The molecule has 80 valence electrons. The number of amides is 2. The molecule has 5 heteroatoms. The first-order chi connectivity index (χ1) is 6.57.